The average molecular weight is 244 g/mol. The zero-order valence-electron chi connectivity index (χ0n) is 12.8. The van der Waals surface area contributed by atoms with Crippen LogP contribution in [0.15, 0.2) is 0 Å². The van der Waals surface area contributed by atoms with Crippen LogP contribution in [-0.4, -0.2) is 50.3 Å². The first-order valence-corrected chi connectivity index (χ1v) is 6.83. The molecule has 104 valence electrons. The molecule has 3 nitrogen and oxygen atoms in total. The van der Waals surface area contributed by atoms with E-state index in [4.69, 9.17) is 4.74 Å². The Balaban J connectivity index is 3.95. The normalized spacial score (nSPS) is 14.6. The number of nitrogens with zero attached hydrogens (tertiary/aromatic N) is 1. The van der Waals surface area contributed by atoms with Crippen LogP contribution in [0.5, 0.6) is 0 Å². The lowest BCUT2D eigenvalue weighted by Crippen LogP contribution is -2.46. The molecule has 0 aliphatic heterocycles. The van der Waals surface area contributed by atoms with Crippen LogP contribution in [0.1, 0.15) is 41.5 Å². The number of rotatable bonds is 9. The number of ether oxygens (including phenoxy) is 1. The fourth-order valence-corrected chi connectivity index (χ4v) is 1.94. The van der Waals surface area contributed by atoms with Crippen LogP contribution in [0.3, 0.4) is 0 Å². The van der Waals surface area contributed by atoms with E-state index >= 15 is 0 Å². The molecule has 0 aromatic heterocycles. The largest absolute Gasteiger partial charge is 0.377 e. The van der Waals surface area contributed by atoms with Crippen molar-refractivity contribution in [2.24, 2.45) is 5.41 Å². The van der Waals surface area contributed by atoms with Gasteiger partial charge in [-0.05, 0) is 39.8 Å². The first-order chi connectivity index (χ1) is 7.79. The lowest BCUT2D eigenvalue weighted by molar-refractivity contribution is 0.0541. The molecule has 1 unspecified atom stereocenters. The van der Waals surface area contributed by atoms with Gasteiger partial charge in [0.2, 0.25) is 0 Å². The molecule has 0 bridgehead atoms. The Morgan fingerprint density at radius 2 is 1.82 bits per heavy atom. The smallest absolute Gasteiger partial charge is 0.0596 e. The molecule has 0 aliphatic rings. The highest BCUT2D eigenvalue weighted by molar-refractivity contribution is 4.82. The van der Waals surface area contributed by atoms with Gasteiger partial charge in [-0.25, -0.2) is 0 Å². The Hall–Kier alpha value is -0.120. The first kappa shape index (κ1) is 16.9. The van der Waals surface area contributed by atoms with Crippen LogP contribution in [0.4, 0.5) is 0 Å². The molecule has 0 heterocycles. The minimum absolute atomic E-state index is 0.280. The molecule has 0 radical (unpaired) electrons. The predicted octanol–water partition coefficient (Wildman–Crippen LogP) is 2.37. The van der Waals surface area contributed by atoms with Crippen LogP contribution in [-0.2, 0) is 4.74 Å². The van der Waals surface area contributed by atoms with Crippen molar-refractivity contribution < 1.29 is 4.74 Å². The summed E-state index contributed by atoms with van der Waals surface area (Å²) < 4.78 is 5.58. The van der Waals surface area contributed by atoms with Crippen molar-refractivity contribution in [3.63, 3.8) is 0 Å². The van der Waals surface area contributed by atoms with E-state index in [1.165, 1.54) is 0 Å². The van der Waals surface area contributed by atoms with Crippen molar-refractivity contribution in [3.05, 3.63) is 0 Å². The number of hydrogen-bond acceptors (Lipinski definition) is 3. The van der Waals surface area contributed by atoms with Crippen molar-refractivity contribution in [2.45, 2.75) is 53.7 Å². The van der Waals surface area contributed by atoms with Gasteiger partial charge in [0.25, 0.3) is 0 Å². The molecule has 1 atom stereocenters. The predicted molar refractivity (Wildman–Crippen MR) is 75.5 cm³/mol. The van der Waals surface area contributed by atoms with E-state index in [9.17, 15) is 0 Å². The van der Waals surface area contributed by atoms with Gasteiger partial charge >= 0.3 is 0 Å². The maximum Gasteiger partial charge on any atom is 0.0596 e. The molecular weight excluding hydrogens is 212 g/mol. The van der Waals surface area contributed by atoms with E-state index in [-0.39, 0.29) is 5.41 Å². The highest BCUT2D eigenvalue weighted by Crippen LogP contribution is 2.21. The van der Waals surface area contributed by atoms with Crippen molar-refractivity contribution in [1.82, 2.24) is 10.2 Å². The van der Waals surface area contributed by atoms with Gasteiger partial charge in [-0.3, -0.25) is 0 Å². The first-order valence-electron chi connectivity index (χ1n) is 6.83. The third-order valence-electron chi connectivity index (χ3n) is 3.28. The molecule has 17 heavy (non-hydrogen) atoms. The summed E-state index contributed by atoms with van der Waals surface area (Å²) in [5.74, 6) is 0. The molecule has 0 fully saturated rings. The fourth-order valence-electron chi connectivity index (χ4n) is 1.94. The second-order valence-electron chi connectivity index (χ2n) is 5.93. The van der Waals surface area contributed by atoms with E-state index in [1.807, 2.05) is 0 Å². The van der Waals surface area contributed by atoms with Crippen molar-refractivity contribution >= 4 is 0 Å². The van der Waals surface area contributed by atoms with Crippen LogP contribution >= 0.6 is 0 Å². The molecule has 3 heteroatoms. The Bertz CT molecular complexity index is 193. The maximum absolute atomic E-state index is 5.58. The molecule has 0 amide bonds. The molecular formula is C14H32N2O. The zero-order chi connectivity index (χ0) is 13.5. The maximum atomic E-state index is 5.58. The second kappa shape index (κ2) is 8.06. The van der Waals surface area contributed by atoms with Gasteiger partial charge < -0.3 is 15.0 Å². The van der Waals surface area contributed by atoms with Crippen LogP contribution in [0.2, 0.25) is 0 Å². The van der Waals surface area contributed by atoms with E-state index in [0.29, 0.717) is 12.1 Å². The molecule has 0 aliphatic carbocycles. The monoisotopic (exact) mass is 244 g/mol. The van der Waals surface area contributed by atoms with Crippen molar-refractivity contribution in [2.75, 3.05) is 33.3 Å². The van der Waals surface area contributed by atoms with Gasteiger partial charge in [-0.2, -0.15) is 0 Å². The molecule has 1 N–H and O–H groups in total. The summed E-state index contributed by atoms with van der Waals surface area (Å²) in [5, 5.41) is 3.51. The summed E-state index contributed by atoms with van der Waals surface area (Å²) in [6.07, 6.45) is 0.331. The van der Waals surface area contributed by atoms with Gasteiger partial charge in [-0.1, -0.05) is 20.8 Å². The highest BCUT2D eigenvalue weighted by Gasteiger charge is 2.26. The van der Waals surface area contributed by atoms with Gasteiger partial charge in [0.05, 0.1) is 12.7 Å². The number of nitrogens with one attached hydrogen (secondary N) is 1. The van der Waals surface area contributed by atoms with Crippen LogP contribution in [0, 0.1) is 5.41 Å². The average Bonchev–Trinajstić information content (AvgIpc) is 2.16. The third kappa shape index (κ3) is 7.74. The Labute approximate surface area is 108 Å². The molecule has 0 saturated heterocycles. The minimum atomic E-state index is 0.280. The third-order valence-corrected chi connectivity index (χ3v) is 3.28. The number of hydrogen-bond donors (Lipinski definition) is 1. The van der Waals surface area contributed by atoms with Crippen LogP contribution in [0.25, 0.3) is 0 Å². The minimum Gasteiger partial charge on any atom is -0.377 e. The van der Waals surface area contributed by atoms with Gasteiger partial charge in [0.15, 0.2) is 0 Å². The zero-order valence-corrected chi connectivity index (χ0v) is 12.8. The molecule has 0 saturated carbocycles. The highest BCUT2D eigenvalue weighted by atomic mass is 16.5. The summed E-state index contributed by atoms with van der Waals surface area (Å²) in [7, 11) is 2.17. The summed E-state index contributed by atoms with van der Waals surface area (Å²) in [4.78, 5) is 2.36. The van der Waals surface area contributed by atoms with Gasteiger partial charge in [0.1, 0.15) is 0 Å². The topological polar surface area (TPSA) is 24.5 Å². The molecule has 0 rings (SSSR count). The molecule has 0 spiro atoms. The van der Waals surface area contributed by atoms with Gasteiger partial charge in [0, 0.05) is 19.1 Å². The molecule has 0 aromatic carbocycles. The SMILES string of the molecule is CCNC(C)C(C)(C)CN(C)CCOC(C)C. The van der Waals surface area contributed by atoms with E-state index in [2.05, 4.69) is 58.8 Å². The lowest BCUT2D eigenvalue weighted by atomic mass is 9.85. The standard InChI is InChI=1S/C14H32N2O/c1-8-15-13(4)14(5,6)11-16(7)9-10-17-12(2)3/h12-13,15H,8-11H2,1-7H3. The summed E-state index contributed by atoms with van der Waals surface area (Å²) in [5.41, 5.74) is 0.280. The quantitative estimate of drug-likeness (QED) is 0.674. The van der Waals surface area contributed by atoms with E-state index in [1.54, 1.807) is 0 Å². The van der Waals surface area contributed by atoms with Gasteiger partial charge in [-0.15, -0.1) is 0 Å². The van der Waals surface area contributed by atoms with E-state index < -0.39 is 0 Å². The van der Waals surface area contributed by atoms with Crippen molar-refractivity contribution in [3.8, 4) is 0 Å². The van der Waals surface area contributed by atoms with Crippen LogP contribution < -0.4 is 5.32 Å². The Morgan fingerprint density at radius 3 is 2.29 bits per heavy atom. The fraction of sp³-hybridized carbons (Fsp3) is 1.00. The second-order valence-corrected chi connectivity index (χ2v) is 5.93. The Morgan fingerprint density at radius 1 is 1.24 bits per heavy atom. The van der Waals surface area contributed by atoms with E-state index in [0.717, 1.165) is 26.2 Å². The summed E-state index contributed by atoms with van der Waals surface area (Å²) in [6, 6.07) is 0.529. The summed E-state index contributed by atoms with van der Waals surface area (Å²) in [6.45, 7) is 17.2. The van der Waals surface area contributed by atoms with Crippen molar-refractivity contribution in [1.29, 1.82) is 0 Å². The lowest BCUT2D eigenvalue weighted by Gasteiger charge is -2.36. The number of likely N-dealkylation sites (N-methyl/N-ethyl adjacent to an activating group) is 1. The molecule has 0 aromatic rings. The summed E-state index contributed by atoms with van der Waals surface area (Å²) >= 11 is 0. The Kier molecular flexibility index (Phi) is 8.01.